The molecule has 0 aliphatic rings. The first kappa shape index (κ1) is 16.1. The lowest BCUT2D eigenvalue weighted by Gasteiger charge is -2.07. The van der Waals surface area contributed by atoms with E-state index in [-0.39, 0.29) is 5.82 Å². The average Bonchev–Trinajstić information content (AvgIpc) is 3.09. The molecule has 0 spiro atoms. The third-order valence-electron chi connectivity index (χ3n) is 3.50. The highest BCUT2D eigenvalue weighted by Gasteiger charge is 2.21. The Balaban J connectivity index is 1.99. The summed E-state index contributed by atoms with van der Waals surface area (Å²) in [4.78, 5) is 24.2. The van der Waals surface area contributed by atoms with Gasteiger partial charge in [0.25, 0.3) is 5.91 Å². The fraction of sp³-hybridized carbons (Fsp3) is 0.188. The summed E-state index contributed by atoms with van der Waals surface area (Å²) in [5, 5.41) is 5.21. The highest BCUT2D eigenvalue weighted by molar-refractivity contribution is 7.20. The number of nitrogens with zero attached hydrogens (tertiary/aromatic N) is 2. The van der Waals surface area contributed by atoms with Crippen molar-refractivity contribution in [2.75, 3.05) is 0 Å². The zero-order valence-corrected chi connectivity index (χ0v) is 13.8. The fourth-order valence-electron chi connectivity index (χ4n) is 2.18. The Kier molecular flexibility index (Phi) is 4.06. The van der Waals surface area contributed by atoms with E-state index in [2.05, 4.69) is 5.10 Å². The Morgan fingerprint density at radius 1 is 1.33 bits per heavy atom. The molecule has 3 rings (SSSR count). The summed E-state index contributed by atoms with van der Waals surface area (Å²) in [6.45, 7) is 3.23. The molecule has 8 heteroatoms. The van der Waals surface area contributed by atoms with Gasteiger partial charge in [0.1, 0.15) is 15.5 Å². The minimum absolute atomic E-state index is 0.338. The number of fused-ring (bicyclic) bond motifs is 1. The first-order valence-corrected chi connectivity index (χ1v) is 7.94. The molecule has 3 aromatic rings. The molecule has 0 fully saturated rings. The van der Waals surface area contributed by atoms with Crippen molar-refractivity contribution >= 4 is 33.4 Å². The van der Waals surface area contributed by atoms with Crippen LogP contribution < -0.4 is 5.73 Å². The number of amides is 1. The molecule has 2 aromatic heterocycles. The normalized spacial score (nSPS) is 12.3. The molecule has 0 saturated heterocycles. The van der Waals surface area contributed by atoms with Crippen molar-refractivity contribution in [3.63, 3.8) is 0 Å². The number of thiophene rings is 1. The molecule has 6 nitrogen and oxygen atoms in total. The van der Waals surface area contributed by atoms with Gasteiger partial charge in [-0.25, -0.2) is 13.9 Å². The topological polar surface area (TPSA) is 87.2 Å². The van der Waals surface area contributed by atoms with Crippen molar-refractivity contribution in [1.82, 2.24) is 9.78 Å². The van der Waals surface area contributed by atoms with Crippen LogP contribution in [0.1, 0.15) is 22.3 Å². The number of hydrogen-bond donors (Lipinski definition) is 1. The number of rotatable bonds is 4. The van der Waals surface area contributed by atoms with E-state index in [4.69, 9.17) is 10.5 Å². The Hall–Kier alpha value is -2.74. The van der Waals surface area contributed by atoms with E-state index >= 15 is 0 Å². The van der Waals surface area contributed by atoms with E-state index in [9.17, 15) is 14.0 Å². The smallest absolute Gasteiger partial charge is 0.349 e. The molecular weight excluding hydrogens is 333 g/mol. The summed E-state index contributed by atoms with van der Waals surface area (Å²) in [5.74, 6) is -1.67. The molecule has 124 valence electrons. The predicted octanol–water partition coefficient (Wildman–Crippen LogP) is 2.57. The highest BCUT2D eigenvalue weighted by Crippen LogP contribution is 2.31. The van der Waals surface area contributed by atoms with Crippen molar-refractivity contribution in [2.24, 2.45) is 5.73 Å². The lowest BCUT2D eigenvalue weighted by atomic mass is 10.3. The van der Waals surface area contributed by atoms with Crippen LogP contribution in [0.4, 0.5) is 4.39 Å². The van der Waals surface area contributed by atoms with E-state index in [0.717, 1.165) is 15.9 Å². The van der Waals surface area contributed by atoms with Crippen LogP contribution in [-0.4, -0.2) is 27.8 Å². The summed E-state index contributed by atoms with van der Waals surface area (Å²) in [6, 6.07) is 7.56. The van der Waals surface area contributed by atoms with Gasteiger partial charge in [-0.05, 0) is 44.2 Å². The molecule has 0 aliphatic carbocycles. The number of carbonyl (C=O) groups is 2. The number of aromatic nitrogens is 2. The second-order valence-electron chi connectivity index (χ2n) is 5.25. The minimum Gasteiger partial charge on any atom is -0.448 e. The Morgan fingerprint density at radius 3 is 2.62 bits per heavy atom. The Morgan fingerprint density at radius 2 is 2.00 bits per heavy atom. The van der Waals surface area contributed by atoms with Crippen molar-refractivity contribution in [2.45, 2.75) is 20.0 Å². The maximum atomic E-state index is 13.1. The third-order valence-corrected chi connectivity index (χ3v) is 4.59. The molecular formula is C16H14FN3O3S. The van der Waals surface area contributed by atoms with Gasteiger partial charge in [-0.3, -0.25) is 4.79 Å². The number of esters is 1. The van der Waals surface area contributed by atoms with Crippen molar-refractivity contribution in [1.29, 1.82) is 0 Å². The first-order valence-electron chi connectivity index (χ1n) is 7.12. The fourth-order valence-corrected chi connectivity index (χ4v) is 3.25. The maximum absolute atomic E-state index is 13.1. The second-order valence-corrected chi connectivity index (χ2v) is 6.28. The summed E-state index contributed by atoms with van der Waals surface area (Å²) >= 11 is 1.19. The van der Waals surface area contributed by atoms with Crippen LogP contribution in [0.2, 0.25) is 0 Å². The summed E-state index contributed by atoms with van der Waals surface area (Å²) in [7, 11) is 0. The zero-order chi connectivity index (χ0) is 17.4. The number of ether oxygens (including phenoxy) is 1. The van der Waals surface area contributed by atoms with Gasteiger partial charge in [0.15, 0.2) is 6.10 Å². The SMILES string of the molecule is Cc1nn(-c2ccc(F)cc2)c2sc(C(=O)O[C@@H](C)C(N)=O)cc12. The van der Waals surface area contributed by atoms with Crippen LogP contribution in [0.3, 0.4) is 0 Å². The molecule has 1 amide bonds. The van der Waals surface area contributed by atoms with Gasteiger partial charge < -0.3 is 10.5 Å². The van der Waals surface area contributed by atoms with E-state index in [1.165, 1.54) is 30.4 Å². The van der Waals surface area contributed by atoms with Crippen LogP contribution >= 0.6 is 11.3 Å². The monoisotopic (exact) mass is 347 g/mol. The molecule has 24 heavy (non-hydrogen) atoms. The third kappa shape index (κ3) is 2.88. The number of aryl methyl sites for hydroxylation is 1. The van der Waals surface area contributed by atoms with Crippen molar-refractivity contribution in [3.05, 3.63) is 46.7 Å². The molecule has 0 bridgehead atoms. The van der Waals surface area contributed by atoms with Gasteiger partial charge in [-0.15, -0.1) is 11.3 Å². The number of nitrogens with two attached hydrogens (primary N) is 1. The molecule has 2 heterocycles. The summed E-state index contributed by atoms with van der Waals surface area (Å²) < 4.78 is 19.7. The van der Waals surface area contributed by atoms with Gasteiger partial charge in [-0.2, -0.15) is 5.10 Å². The second kappa shape index (κ2) is 6.04. The minimum atomic E-state index is -1.00. The lowest BCUT2D eigenvalue weighted by Crippen LogP contribution is -2.30. The van der Waals surface area contributed by atoms with E-state index < -0.39 is 18.0 Å². The van der Waals surface area contributed by atoms with Gasteiger partial charge in [0, 0.05) is 5.39 Å². The summed E-state index contributed by atoms with van der Waals surface area (Å²) in [6.07, 6.45) is -1.00. The molecule has 0 saturated carbocycles. The quantitative estimate of drug-likeness (QED) is 0.735. The number of hydrogen-bond acceptors (Lipinski definition) is 5. The van der Waals surface area contributed by atoms with E-state index in [1.54, 1.807) is 22.9 Å². The van der Waals surface area contributed by atoms with Crippen LogP contribution in [-0.2, 0) is 9.53 Å². The van der Waals surface area contributed by atoms with E-state index in [0.29, 0.717) is 10.6 Å². The number of halogens is 1. The molecule has 0 radical (unpaired) electrons. The average molecular weight is 347 g/mol. The largest absolute Gasteiger partial charge is 0.448 e. The molecule has 2 N–H and O–H groups in total. The van der Waals surface area contributed by atoms with Crippen LogP contribution in [0.25, 0.3) is 15.9 Å². The Bertz CT molecular complexity index is 930. The molecule has 0 unspecified atom stereocenters. The lowest BCUT2D eigenvalue weighted by molar-refractivity contribution is -0.125. The number of primary amides is 1. The maximum Gasteiger partial charge on any atom is 0.349 e. The van der Waals surface area contributed by atoms with Crippen molar-refractivity contribution in [3.8, 4) is 5.69 Å². The molecule has 1 aromatic carbocycles. The number of benzene rings is 1. The van der Waals surface area contributed by atoms with Gasteiger partial charge in [0.2, 0.25) is 0 Å². The Labute approximate surface area is 140 Å². The molecule has 1 atom stereocenters. The predicted molar refractivity (Wildman–Crippen MR) is 87.7 cm³/mol. The standard InChI is InChI=1S/C16H14FN3O3S/c1-8-12-7-13(16(22)23-9(2)14(18)21)24-15(12)20(19-8)11-5-3-10(17)4-6-11/h3-7,9H,1-2H3,(H2,18,21)/t9-/m0/s1. The first-order chi connectivity index (χ1) is 11.4. The van der Waals surface area contributed by atoms with Gasteiger partial charge in [0.05, 0.1) is 11.4 Å². The van der Waals surface area contributed by atoms with Crippen LogP contribution in [0.15, 0.2) is 30.3 Å². The highest BCUT2D eigenvalue weighted by atomic mass is 32.1. The van der Waals surface area contributed by atoms with Crippen LogP contribution in [0, 0.1) is 12.7 Å². The zero-order valence-electron chi connectivity index (χ0n) is 12.9. The number of carbonyl (C=O) groups excluding carboxylic acids is 2. The van der Waals surface area contributed by atoms with Crippen molar-refractivity contribution < 1.29 is 18.7 Å². The van der Waals surface area contributed by atoms with E-state index in [1.807, 2.05) is 6.92 Å². The van der Waals surface area contributed by atoms with Crippen LogP contribution in [0.5, 0.6) is 0 Å². The van der Waals surface area contributed by atoms with Gasteiger partial charge in [-0.1, -0.05) is 0 Å². The summed E-state index contributed by atoms with van der Waals surface area (Å²) in [5.41, 5.74) is 6.51. The molecule has 0 aliphatic heterocycles. The van der Waals surface area contributed by atoms with Gasteiger partial charge >= 0.3 is 5.97 Å².